The van der Waals surface area contributed by atoms with Crippen LogP contribution in [0, 0.1) is 0 Å². The van der Waals surface area contributed by atoms with E-state index in [1.807, 2.05) is 6.92 Å². The lowest BCUT2D eigenvalue weighted by molar-refractivity contribution is -0.274. The van der Waals surface area contributed by atoms with Gasteiger partial charge in [0.25, 0.3) is 0 Å². The van der Waals surface area contributed by atoms with E-state index < -0.39 is 12.5 Å². The number of aliphatic hydroxyl groups excluding tert-OH is 1. The van der Waals surface area contributed by atoms with Gasteiger partial charge < -0.3 is 19.9 Å². The van der Waals surface area contributed by atoms with Gasteiger partial charge in [-0.3, -0.25) is 4.90 Å². The van der Waals surface area contributed by atoms with Gasteiger partial charge in [0, 0.05) is 32.2 Å². The summed E-state index contributed by atoms with van der Waals surface area (Å²) >= 11 is 0. The average Bonchev–Trinajstić information content (AvgIpc) is 2.53. The molecule has 2 atom stereocenters. The van der Waals surface area contributed by atoms with Crippen molar-refractivity contribution in [3.8, 4) is 5.75 Å². The summed E-state index contributed by atoms with van der Waals surface area (Å²) < 4.78 is 45.5. The van der Waals surface area contributed by atoms with Gasteiger partial charge in [-0.15, -0.1) is 13.2 Å². The molecule has 0 bridgehead atoms. The molecule has 5 nitrogen and oxygen atoms in total. The molecule has 24 heavy (non-hydrogen) atoms. The van der Waals surface area contributed by atoms with E-state index in [9.17, 15) is 18.3 Å². The van der Waals surface area contributed by atoms with E-state index in [0.29, 0.717) is 26.3 Å². The Labute approximate surface area is 139 Å². The fraction of sp³-hybridized carbons (Fsp3) is 0.625. The van der Waals surface area contributed by atoms with Crippen LogP contribution in [-0.2, 0) is 4.74 Å². The first kappa shape index (κ1) is 19.0. The van der Waals surface area contributed by atoms with Crippen LogP contribution in [0.3, 0.4) is 0 Å². The van der Waals surface area contributed by atoms with Crippen LogP contribution in [0.1, 0.15) is 18.5 Å². The molecular weight excluding hydrogens is 325 g/mol. The third-order valence-electron chi connectivity index (χ3n) is 3.85. The summed E-state index contributed by atoms with van der Waals surface area (Å²) in [5, 5.41) is 13.3. The van der Waals surface area contributed by atoms with E-state index in [-0.39, 0.29) is 11.8 Å². The van der Waals surface area contributed by atoms with E-state index in [1.165, 1.54) is 12.1 Å². The standard InChI is InChI=1S/C16H23F3N2O3/c1-12(13-2-4-15(5-3-13)24-16(17,18)19)20-10-14(22)11-21-6-8-23-9-7-21/h2-5,12,14,20,22H,6-11H2,1H3. The maximum absolute atomic E-state index is 12.1. The summed E-state index contributed by atoms with van der Waals surface area (Å²) in [4.78, 5) is 2.14. The third-order valence-corrected chi connectivity index (χ3v) is 3.85. The largest absolute Gasteiger partial charge is 0.573 e. The zero-order valence-electron chi connectivity index (χ0n) is 13.6. The van der Waals surface area contributed by atoms with Gasteiger partial charge in [0.1, 0.15) is 5.75 Å². The first-order valence-electron chi connectivity index (χ1n) is 7.91. The Morgan fingerprint density at radius 2 is 1.88 bits per heavy atom. The van der Waals surface area contributed by atoms with Gasteiger partial charge in [-0.2, -0.15) is 0 Å². The molecule has 2 rings (SSSR count). The van der Waals surface area contributed by atoms with Crippen LogP contribution < -0.4 is 10.1 Å². The molecule has 1 saturated heterocycles. The van der Waals surface area contributed by atoms with Crippen molar-refractivity contribution in [2.75, 3.05) is 39.4 Å². The van der Waals surface area contributed by atoms with Crippen molar-refractivity contribution in [1.82, 2.24) is 10.2 Å². The van der Waals surface area contributed by atoms with Crippen LogP contribution in [0.4, 0.5) is 13.2 Å². The molecule has 0 aliphatic carbocycles. The highest BCUT2D eigenvalue weighted by atomic mass is 19.4. The molecule has 136 valence electrons. The molecule has 1 heterocycles. The molecule has 0 amide bonds. The van der Waals surface area contributed by atoms with Crippen LogP contribution in [0.5, 0.6) is 5.75 Å². The Morgan fingerprint density at radius 3 is 2.46 bits per heavy atom. The van der Waals surface area contributed by atoms with Crippen molar-refractivity contribution in [3.63, 3.8) is 0 Å². The predicted octanol–water partition coefficient (Wildman–Crippen LogP) is 1.93. The molecule has 1 aliphatic heterocycles. The van der Waals surface area contributed by atoms with E-state index in [4.69, 9.17) is 4.74 Å². The second kappa shape index (κ2) is 8.66. The second-order valence-corrected chi connectivity index (χ2v) is 5.81. The summed E-state index contributed by atoms with van der Waals surface area (Å²) in [6, 6.07) is 5.63. The number of nitrogens with zero attached hydrogens (tertiary/aromatic N) is 1. The van der Waals surface area contributed by atoms with E-state index >= 15 is 0 Å². The summed E-state index contributed by atoms with van der Waals surface area (Å²) in [5.41, 5.74) is 0.822. The maximum atomic E-state index is 12.1. The zero-order valence-corrected chi connectivity index (χ0v) is 13.6. The number of β-amino-alcohol motifs (C(OH)–C–C–N with tert-alkyl or cyclic N) is 1. The van der Waals surface area contributed by atoms with Gasteiger partial charge in [-0.05, 0) is 24.6 Å². The number of rotatable bonds is 7. The number of aliphatic hydroxyl groups is 1. The SMILES string of the molecule is CC(NCC(O)CN1CCOCC1)c1ccc(OC(F)(F)F)cc1. The van der Waals surface area contributed by atoms with Crippen LogP contribution >= 0.6 is 0 Å². The van der Waals surface area contributed by atoms with Gasteiger partial charge >= 0.3 is 6.36 Å². The number of alkyl halides is 3. The minimum atomic E-state index is -4.69. The summed E-state index contributed by atoms with van der Waals surface area (Å²) in [7, 11) is 0. The number of hydrogen-bond donors (Lipinski definition) is 2. The Balaban J connectivity index is 1.76. The fourth-order valence-corrected chi connectivity index (χ4v) is 2.54. The van der Waals surface area contributed by atoms with Gasteiger partial charge in [0.05, 0.1) is 19.3 Å². The van der Waals surface area contributed by atoms with Crippen molar-refractivity contribution in [1.29, 1.82) is 0 Å². The number of morpholine rings is 1. The summed E-state index contributed by atoms with van der Waals surface area (Å²) in [6.45, 7) is 5.86. The normalized spacial score (nSPS) is 19.0. The average molecular weight is 348 g/mol. The molecule has 0 saturated carbocycles. The number of halogens is 3. The van der Waals surface area contributed by atoms with Crippen LogP contribution in [0.15, 0.2) is 24.3 Å². The van der Waals surface area contributed by atoms with Gasteiger partial charge in [-0.1, -0.05) is 12.1 Å². The second-order valence-electron chi connectivity index (χ2n) is 5.81. The molecule has 2 N–H and O–H groups in total. The summed E-state index contributed by atoms with van der Waals surface area (Å²) in [5.74, 6) is -0.245. The smallest absolute Gasteiger partial charge is 0.406 e. The minimum Gasteiger partial charge on any atom is -0.406 e. The lowest BCUT2D eigenvalue weighted by atomic mass is 10.1. The van der Waals surface area contributed by atoms with E-state index in [0.717, 1.165) is 18.7 Å². The monoisotopic (exact) mass is 348 g/mol. The zero-order chi connectivity index (χ0) is 17.6. The Bertz CT molecular complexity index is 490. The van der Waals surface area contributed by atoms with Crippen molar-refractivity contribution >= 4 is 0 Å². The Morgan fingerprint density at radius 1 is 1.25 bits per heavy atom. The summed E-state index contributed by atoms with van der Waals surface area (Å²) in [6.07, 6.45) is -5.20. The molecule has 1 aliphatic rings. The number of benzene rings is 1. The Kier molecular flexibility index (Phi) is 6.85. The van der Waals surface area contributed by atoms with Crippen molar-refractivity contribution in [2.45, 2.75) is 25.4 Å². The lowest BCUT2D eigenvalue weighted by Crippen LogP contribution is -2.44. The van der Waals surface area contributed by atoms with Crippen LogP contribution in [-0.4, -0.2) is 61.9 Å². The number of hydrogen-bond acceptors (Lipinski definition) is 5. The Hall–Kier alpha value is -1.35. The van der Waals surface area contributed by atoms with Gasteiger partial charge in [0.15, 0.2) is 0 Å². The van der Waals surface area contributed by atoms with Crippen molar-refractivity contribution in [3.05, 3.63) is 29.8 Å². The highest BCUT2D eigenvalue weighted by Crippen LogP contribution is 2.24. The van der Waals surface area contributed by atoms with Crippen molar-refractivity contribution < 1.29 is 27.8 Å². The van der Waals surface area contributed by atoms with Gasteiger partial charge in [-0.25, -0.2) is 0 Å². The van der Waals surface area contributed by atoms with E-state index in [2.05, 4.69) is 15.0 Å². The third kappa shape index (κ3) is 6.64. The van der Waals surface area contributed by atoms with Gasteiger partial charge in [0.2, 0.25) is 0 Å². The van der Waals surface area contributed by atoms with E-state index in [1.54, 1.807) is 12.1 Å². The molecule has 1 aromatic rings. The minimum absolute atomic E-state index is 0.0933. The first-order valence-corrected chi connectivity index (χ1v) is 7.91. The van der Waals surface area contributed by atoms with Crippen LogP contribution in [0.25, 0.3) is 0 Å². The maximum Gasteiger partial charge on any atom is 0.573 e. The molecule has 8 heteroatoms. The molecule has 0 radical (unpaired) electrons. The highest BCUT2D eigenvalue weighted by molar-refractivity contribution is 5.29. The molecular formula is C16H23F3N2O3. The van der Waals surface area contributed by atoms with Crippen molar-refractivity contribution in [2.24, 2.45) is 0 Å². The lowest BCUT2D eigenvalue weighted by Gasteiger charge is -2.29. The highest BCUT2D eigenvalue weighted by Gasteiger charge is 2.31. The molecule has 1 fully saturated rings. The number of ether oxygens (including phenoxy) is 2. The molecule has 0 aromatic heterocycles. The first-order chi connectivity index (χ1) is 11.3. The number of nitrogens with one attached hydrogen (secondary N) is 1. The molecule has 2 unspecified atom stereocenters. The quantitative estimate of drug-likeness (QED) is 0.789. The topological polar surface area (TPSA) is 54.0 Å². The fourth-order valence-electron chi connectivity index (χ4n) is 2.54. The predicted molar refractivity (Wildman–Crippen MR) is 82.8 cm³/mol. The molecule has 1 aromatic carbocycles. The molecule has 0 spiro atoms. The van der Waals surface area contributed by atoms with Crippen LogP contribution in [0.2, 0.25) is 0 Å².